The minimum Gasteiger partial charge on any atom is -0.495 e. The van der Waals surface area contributed by atoms with Crippen molar-refractivity contribution in [3.8, 4) is 16.9 Å². The van der Waals surface area contributed by atoms with E-state index in [0.717, 1.165) is 16.7 Å². The molecule has 11 nitrogen and oxygen atoms in total. The molecule has 0 aliphatic carbocycles. The average molecular weight is 645 g/mol. The van der Waals surface area contributed by atoms with E-state index < -0.39 is 21.4 Å². The summed E-state index contributed by atoms with van der Waals surface area (Å²) in [6.07, 6.45) is 2.43. The predicted octanol–water partition coefficient (Wildman–Crippen LogP) is 6.86. The molecule has 0 aliphatic rings. The Morgan fingerprint density at radius 1 is 0.978 bits per heavy atom. The third kappa shape index (κ3) is 8.04. The number of carbonyl (C=O) groups is 2. The highest BCUT2D eigenvalue weighted by atomic mass is 32.2. The molecule has 2 heterocycles. The van der Waals surface area contributed by atoms with Gasteiger partial charge in [0.05, 0.1) is 33.8 Å². The van der Waals surface area contributed by atoms with E-state index in [2.05, 4.69) is 25.1 Å². The third-order valence-electron chi connectivity index (χ3n) is 6.61. The topological polar surface area (TPSA) is 136 Å². The number of hydrogen-bond acceptors (Lipinski definition) is 8. The Bertz CT molecular complexity index is 2030. The van der Waals surface area contributed by atoms with E-state index in [-0.39, 0.29) is 18.1 Å². The molecule has 3 aromatic carbocycles. The number of anilines is 3. The zero-order valence-electron chi connectivity index (χ0n) is 25.9. The number of rotatable bonds is 8. The van der Waals surface area contributed by atoms with Crippen molar-refractivity contribution >= 4 is 44.7 Å². The number of nitrogens with zero attached hydrogens (tertiary/aromatic N) is 4. The number of nitrogens with one attached hydrogen (secondary N) is 2. The highest BCUT2D eigenvalue weighted by Crippen LogP contribution is 2.31. The van der Waals surface area contributed by atoms with Crippen molar-refractivity contribution < 1.29 is 27.7 Å². The van der Waals surface area contributed by atoms with E-state index in [4.69, 9.17) is 9.47 Å². The number of aromatic nitrogens is 3. The second-order valence-corrected chi connectivity index (χ2v) is 13.7. The lowest BCUT2D eigenvalue weighted by Gasteiger charge is -2.17. The molecule has 0 spiro atoms. The fourth-order valence-electron chi connectivity index (χ4n) is 4.45. The van der Waals surface area contributed by atoms with Crippen molar-refractivity contribution in [1.29, 1.82) is 0 Å². The minimum atomic E-state index is -3.10. The lowest BCUT2D eigenvalue weighted by molar-refractivity contribution is -0.115. The van der Waals surface area contributed by atoms with Crippen LogP contribution in [0.5, 0.6) is 5.75 Å². The lowest BCUT2D eigenvalue weighted by Crippen LogP contribution is -2.22. The number of hydrogen-bond donors (Lipinski definition) is 2. The fourth-order valence-corrected chi connectivity index (χ4v) is 5.53. The van der Waals surface area contributed by atoms with Crippen LogP contribution < -0.4 is 15.4 Å². The number of fused-ring (bicyclic) bond motifs is 1. The standard InChI is InChI=1S/C33H33FN6O5S/c1-33(2,3)45-32(42)39-46(5,43)26-15-16-27(28(19-26)44-4)36-31-37-29-17-10-23(20-40(29)38-31)22-8-13-25(14-9-22)35-30(41)18-21-6-11-24(34)12-7-21/h6-17,19-20H,18H2,1-5H3,(H,35,41)(H,36,38). The fraction of sp³-hybridized carbons (Fsp3) is 0.212. The van der Waals surface area contributed by atoms with Crippen LogP contribution in [0.1, 0.15) is 26.3 Å². The maximum atomic E-state index is 13.2. The Morgan fingerprint density at radius 3 is 2.35 bits per heavy atom. The van der Waals surface area contributed by atoms with Crippen molar-refractivity contribution in [3.05, 3.63) is 96.4 Å². The molecule has 5 aromatic rings. The number of benzene rings is 3. The zero-order valence-corrected chi connectivity index (χ0v) is 26.7. The summed E-state index contributed by atoms with van der Waals surface area (Å²) < 4.78 is 42.5. The van der Waals surface area contributed by atoms with Gasteiger partial charge in [-0.2, -0.15) is 4.98 Å². The number of methoxy groups -OCH3 is 1. The van der Waals surface area contributed by atoms with Gasteiger partial charge in [0.1, 0.15) is 17.2 Å². The lowest BCUT2D eigenvalue weighted by atomic mass is 10.1. The van der Waals surface area contributed by atoms with Gasteiger partial charge in [-0.3, -0.25) is 4.79 Å². The van der Waals surface area contributed by atoms with E-state index in [1.54, 1.807) is 55.6 Å². The molecule has 0 fully saturated rings. The zero-order chi connectivity index (χ0) is 33.1. The van der Waals surface area contributed by atoms with Gasteiger partial charge in [-0.05, 0) is 86.5 Å². The maximum absolute atomic E-state index is 13.2. The van der Waals surface area contributed by atoms with Crippen LogP contribution in [-0.2, 0) is 25.7 Å². The Labute approximate surface area is 266 Å². The second-order valence-electron chi connectivity index (χ2n) is 11.4. The quantitative estimate of drug-likeness (QED) is 0.187. The van der Waals surface area contributed by atoms with Crippen LogP contribution in [0.3, 0.4) is 0 Å². The van der Waals surface area contributed by atoms with Gasteiger partial charge in [-0.25, -0.2) is 17.9 Å². The summed E-state index contributed by atoms with van der Waals surface area (Å²) in [5, 5.41) is 10.5. The van der Waals surface area contributed by atoms with Crippen molar-refractivity contribution in [1.82, 2.24) is 14.6 Å². The summed E-state index contributed by atoms with van der Waals surface area (Å²) in [5.74, 6) is 0.116. The normalized spacial score (nSPS) is 12.7. The van der Waals surface area contributed by atoms with E-state index in [1.807, 2.05) is 42.6 Å². The number of carbonyl (C=O) groups excluding carboxylic acids is 2. The first kappa shape index (κ1) is 32.1. The van der Waals surface area contributed by atoms with Gasteiger partial charge in [0.25, 0.3) is 0 Å². The van der Waals surface area contributed by atoms with E-state index in [1.165, 1.54) is 25.5 Å². The first-order valence-electron chi connectivity index (χ1n) is 14.2. The van der Waals surface area contributed by atoms with Gasteiger partial charge in [0.2, 0.25) is 11.9 Å². The molecule has 0 saturated carbocycles. The van der Waals surface area contributed by atoms with Crippen molar-refractivity contribution in [3.63, 3.8) is 0 Å². The highest BCUT2D eigenvalue weighted by molar-refractivity contribution is 7.93. The molecule has 0 aliphatic heterocycles. The molecule has 0 saturated heterocycles. The Balaban J connectivity index is 1.28. The van der Waals surface area contributed by atoms with E-state index in [9.17, 15) is 18.2 Å². The van der Waals surface area contributed by atoms with Crippen LogP contribution in [0.25, 0.3) is 16.8 Å². The molecule has 5 rings (SSSR count). The molecule has 2 aromatic heterocycles. The number of ether oxygens (including phenoxy) is 2. The van der Waals surface area contributed by atoms with Gasteiger partial charge < -0.3 is 20.1 Å². The Kier molecular flexibility index (Phi) is 9.05. The second kappa shape index (κ2) is 13.0. The van der Waals surface area contributed by atoms with Crippen molar-refractivity contribution in [2.75, 3.05) is 24.0 Å². The summed E-state index contributed by atoms with van der Waals surface area (Å²) in [6.45, 7) is 5.11. The molecular weight excluding hydrogens is 611 g/mol. The molecule has 2 N–H and O–H groups in total. The number of amides is 2. The van der Waals surface area contributed by atoms with Crippen LogP contribution >= 0.6 is 0 Å². The van der Waals surface area contributed by atoms with Crippen LogP contribution in [0.4, 0.5) is 26.5 Å². The van der Waals surface area contributed by atoms with Gasteiger partial charge >= 0.3 is 6.09 Å². The summed E-state index contributed by atoms with van der Waals surface area (Å²) in [5.41, 5.74) is 3.50. The van der Waals surface area contributed by atoms with Gasteiger partial charge in [0, 0.05) is 23.7 Å². The molecule has 13 heteroatoms. The maximum Gasteiger partial charge on any atom is 0.442 e. The van der Waals surface area contributed by atoms with Gasteiger partial charge in [-0.1, -0.05) is 24.3 Å². The largest absolute Gasteiger partial charge is 0.495 e. The highest BCUT2D eigenvalue weighted by Gasteiger charge is 2.19. The predicted molar refractivity (Wildman–Crippen MR) is 174 cm³/mol. The molecule has 0 radical (unpaired) electrons. The van der Waals surface area contributed by atoms with E-state index in [0.29, 0.717) is 33.6 Å². The van der Waals surface area contributed by atoms with Crippen molar-refractivity contribution in [2.24, 2.45) is 4.36 Å². The monoisotopic (exact) mass is 644 g/mol. The third-order valence-corrected chi connectivity index (χ3v) is 8.24. The van der Waals surface area contributed by atoms with E-state index >= 15 is 0 Å². The number of halogens is 1. The van der Waals surface area contributed by atoms with Crippen LogP contribution in [0.2, 0.25) is 0 Å². The molecule has 1 unspecified atom stereocenters. The molecule has 0 bridgehead atoms. The number of pyridine rings is 1. The van der Waals surface area contributed by atoms with Crippen LogP contribution in [-0.4, -0.2) is 49.8 Å². The molecule has 46 heavy (non-hydrogen) atoms. The van der Waals surface area contributed by atoms with Gasteiger partial charge in [0.15, 0.2) is 5.65 Å². The average Bonchev–Trinajstić information content (AvgIpc) is 3.39. The molecule has 1 atom stereocenters. The van der Waals surface area contributed by atoms with Crippen LogP contribution in [0.15, 0.2) is 94.3 Å². The SMILES string of the molecule is COc1cc(S(C)(=O)=NC(=O)OC(C)(C)C)ccc1Nc1nc2ccc(-c3ccc(NC(=O)Cc4ccc(F)cc4)cc3)cn2n1. The summed E-state index contributed by atoms with van der Waals surface area (Å²) in [4.78, 5) is 29.4. The summed E-state index contributed by atoms with van der Waals surface area (Å²) in [6, 6.07) is 21.7. The van der Waals surface area contributed by atoms with Gasteiger partial charge in [-0.15, -0.1) is 9.46 Å². The molecule has 2 amide bonds. The van der Waals surface area contributed by atoms with Crippen molar-refractivity contribution in [2.45, 2.75) is 37.7 Å². The molecule has 238 valence electrons. The summed E-state index contributed by atoms with van der Waals surface area (Å²) >= 11 is 0. The first-order chi connectivity index (χ1) is 21.8. The summed E-state index contributed by atoms with van der Waals surface area (Å²) in [7, 11) is -1.63. The Morgan fingerprint density at radius 2 is 1.67 bits per heavy atom. The first-order valence-corrected chi connectivity index (χ1v) is 16.1. The minimum absolute atomic E-state index is 0.139. The van der Waals surface area contributed by atoms with Crippen LogP contribution in [0, 0.1) is 5.82 Å². The molecular formula is C33H33FN6O5S. The Hall–Kier alpha value is -5.30. The smallest absolute Gasteiger partial charge is 0.442 e.